The van der Waals surface area contributed by atoms with E-state index in [0.717, 1.165) is 5.56 Å². The molecule has 1 amide bonds. The molecule has 0 spiro atoms. The lowest BCUT2D eigenvalue weighted by Gasteiger charge is -2.26. The Morgan fingerprint density at radius 3 is 2.71 bits per heavy atom. The van der Waals surface area contributed by atoms with Crippen LogP contribution in [0.4, 0.5) is 0 Å². The molecule has 0 aliphatic carbocycles. The summed E-state index contributed by atoms with van der Waals surface area (Å²) in [6.45, 7) is 0.930. The number of ether oxygens (including phenoxy) is 1. The number of likely N-dealkylation sites (tertiary alicyclic amines) is 1. The molecule has 0 bridgehead atoms. The quantitative estimate of drug-likeness (QED) is 0.448. The van der Waals surface area contributed by atoms with Crippen molar-refractivity contribution in [2.24, 2.45) is 0 Å². The lowest BCUT2D eigenvalue weighted by atomic mass is 10.2. The van der Waals surface area contributed by atoms with Crippen molar-refractivity contribution in [2.45, 2.75) is 13.0 Å². The Morgan fingerprint density at radius 1 is 1.35 bits per heavy atom. The van der Waals surface area contributed by atoms with Crippen molar-refractivity contribution in [3.8, 4) is 0 Å². The van der Waals surface area contributed by atoms with Gasteiger partial charge in [0.2, 0.25) is 5.91 Å². The molecule has 1 aliphatic heterocycles. The van der Waals surface area contributed by atoms with Crippen molar-refractivity contribution >= 4 is 11.9 Å². The molecule has 1 saturated heterocycles. The van der Waals surface area contributed by atoms with Crippen molar-refractivity contribution in [2.75, 3.05) is 6.54 Å². The van der Waals surface area contributed by atoms with Crippen LogP contribution in [-0.4, -0.2) is 23.3 Å². The van der Waals surface area contributed by atoms with Crippen molar-refractivity contribution in [1.29, 1.82) is 0 Å². The first-order chi connectivity index (χ1) is 8.25. The van der Waals surface area contributed by atoms with Gasteiger partial charge in [-0.3, -0.25) is 4.79 Å². The summed E-state index contributed by atoms with van der Waals surface area (Å²) in [6.07, 6.45) is 3.31. The van der Waals surface area contributed by atoms with E-state index < -0.39 is 5.97 Å². The minimum Gasteiger partial charge on any atom is -0.458 e. The molecule has 4 heteroatoms. The Bertz CT molecular complexity index is 439. The monoisotopic (exact) mass is 231 g/mol. The van der Waals surface area contributed by atoms with Gasteiger partial charge < -0.3 is 9.64 Å². The fourth-order valence-electron chi connectivity index (χ4n) is 1.42. The van der Waals surface area contributed by atoms with Crippen LogP contribution in [0.15, 0.2) is 42.6 Å². The van der Waals surface area contributed by atoms with E-state index in [1.165, 1.54) is 17.2 Å². The summed E-state index contributed by atoms with van der Waals surface area (Å²) >= 11 is 0. The summed E-state index contributed by atoms with van der Waals surface area (Å²) < 4.78 is 5.02. The predicted molar refractivity (Wildman–Crippen MR) is 61.7 cm³/mol. The molecule has 2 rings (SSSR count). The van der Waals surface area contributed by atoms with Crippen molar-refractivity contribution in [1.82, 2.24) is 4.90 Å². The first-order valence-corrected chi connectivity index (χ1v) is 5.44. The maximum absolute atomic E-state index is 11.3. The molecule has 0 radical (unpaired) electrons. The molecule has 17 heavy (non-hydrogen) atoms. The summed E-state index contributed by atoms with van der Waals surface area (Å²) in [5, 5.41) is 0. The van der Waals surface area contributed by atoms with Gasteiger partial charge in [0, 0.05) is 25.2 Å². The number of carbonyl (C=O) groups excluding carboxylic acids is 2. The van der Waals surface area contributed by atoms with Crippen LogP contribution in [0.1, 0.15) is 12.0 Å². The van der Waals surface area contributed by atoms with Crippen LogP contribution in [-0.2, 0) is 20.9 Å². The van der Waals surface area contributed by atoms with Gasteiger partial charge in [0.1, 0.15) is 6.61 Å². The summed E-state index contributed by atoms with van der Waals surface area (Å²) in [6, 6.07) is 9.45. The molecule has 4 nitrogen and oxygen atoms in total. The summed E-state index contributed by atoms with van der Waals surface area (Å²) in [7, 11) is 0. The number of hydrogen-bond acceptors (Lipinski definition) is 3. The van der Waals surface area contributed by atoms with Gasteiger partial charge in [0.05, 0.1) is 0 Å². The Labute approximate surface area is 99.5 Å². The summed E-state index contributed by atoms with van der Waals surface area (Å²) in [5.41, 5.74) is 0.939. The minimum atomic E-state index is -0.437. The zero-order chi connectivity index (χ0) is 12.1. The van der Waals surface area contributed by atoms with Crippen molar-refractivity contribution in [3.05, 3.63) is 48.2 Å². The molecule has 88 valence electrons. The van der Waals surface area contributed by atoms with E-state index in [2.05, 4.69) is 0 Å². The van der Waals surface area contributed by atoms with Crippen LogP contribution in [0.5, 0.6) is 0 Å². The second-order valence-corrected chi connectivity index (χ2v) is 3.75. The van der Waals surface area contributed by atoms with Crippen LogP contribution >= 0.6 is 0 Å². The molecule has 0 aromatic heterocycles. The second kappa shape index (κ2) is 5.30. The van der Waals surface area contributed by atoms with Gasteiger partial charge in [-0.15, -0.1) is 0 Å². The Hall–Kier alpha value is -2.10. The van der Waals surface area contributed by atoms with Gasteiger partial charge >= 0.3 is 5.97 Å². The van der Waals surface area contributed by atoms with Crippen LogP contribution in [0.2, 0.25) is 0 Å². The van der Waals surface area contributed by atoms with Crippen LogP contribution in [0.25, 0.3) is 0 Å². The molecule has 1 aliphatic rings. The molecule has 0 unspecified atom stereocenters. The molecule has 0 saturated carbocycles. The number of benzene rings is 1. The van der Waals surface area contributed by atoms with E-state index in [-0.39, 0.29) is 12.5 Å². The number of amides is 1. The molecule has 1 aromatic rings. The smallest absolute Gasteiger partial charge is 0.332 e. The molecule has 1 heterocycles. The lowest BCUT2D eigenvalue weighted by Crippen LogP contribution is -2.38. The second-order valence-electron chi connectivity index (χ2n) is 3.75. The number of hydrogen-bond donors (Lipinski definition) is 0. The fraction of sp³-hybridized carbons (Fsp3) is 0.231. The standard InChI is InChI=1S/C13H13NO3/c15-12-6-8-14(12)9-7-13(16)17-10-11-4-2-1-3-5-11/h1-5,7,9H,6,8,10H2. The molecule has 1 aromatic carbocycles. The first-order valence-electron chi connectivity index (χ1n) is 5.44. The maximum atomic E-state index is 11.3. The third kappa shape index (κ3) is 3.17. The van der Waals surface area contributed by atoms with Gasteiger partial charge in [0.15, 0.2) is 0 Å². The maximum Gasteiger partial charge on any atom is 0.332 e. The average Bonchev–Trinajstić information content (AvgIpc) is 2.36. The van der Waals surface area contributed by atoms with Crippen LogP contribution in [0.3, 0.4) is 0 Å². The van der Waals surface area contributed by atoms with Gasteiger partial charge in [-0.05, 0) is 5.56 Å². The number of esters is 1. The molecule has 0 N–H and O–H groups in total. The Balaban J connectivity index is 1.76. The van der Waals surface area contributed by atoms with Gasteiger partial charge in [0.25, 0.3) is 0 Å². The zero-order valence-electron chi connectivity index (χ0n) is 9.33. The highest BCUT2D eigenvalue weighted by molar-refractivity contribution is 5.86. The minimum absolute atomic E-state index is 0.0390. The van der Waals surface area contributed by atoms with Crippen LogP contribution < -0.4 is 0 Å². The van der Waals surface area contributed by atoms with E-state index in [4.69, 9.17) is 4.74 Å². The molecule has 0 atom stereocenters. The molecular weight excluding hydrogens is 218 g/mol. The van der Waals surface area contributed by atoms with E-state index in [0.29, 0.717) is 13.0 Å². The highest BCUT2D eigenvalue weighted by Gasteiger charge is 2.20. The van der Waals surface area contributed by atoms with E-state index in [9.17, 15) is 9.59 Å². The topological polar surface area (TPSA) is 46.6 Å². The number of nitrogens with zero attached hydrogens (tertiary/aromatic N) is 1. The number of carbonyl (C=O) groups is 2. The van der Waals surface area contributed by atoms with Crippen LogP contribution in [0, 0.1) is 0 Å². The van der Waals surface area contributed by atoms with E-state index >= 15 is 0 Å². The van der Waals surface area contributed by atoms with Gasteiger partial charge in [-0.2, -0.15) is 0 Å². The first kappa shape index (κ1) is 11.4. The Morgan fingerprint density at radius 2 is 2.12 bits per heavy atom. The van der Waals surface area contributed by atoms with Gasteiger partial charge in [-0.25, -0.2) is 4.79 Å². The van der Waals surface area contributed by atoms with Crippen molar-refractivity contribution in [3.63, 3.8) is 0 Å². The highest BCUT2D eigenvalue weighted by atomic mass is 16.5. The zero-order valence-corrected chi connectivity index (χ0v) is 9.33. The fourth-order valence-corrected chi connectivity index (χ4v) is 1.42. The summed E-state index contributed by atoms with van der Waals surface area (Å²) in [4.78, 5) is 23.8. The van der Waals surface area contributed by atoms with E-state index in [1.54, 1.807) is 0 Å². The normalized spacial score (nSPS) is 14.8. The highest BCUT2D eigenvalue weighted by Crippen LogP contribution is 2.08. The molecular formula is C13H13NO3. The third-order valence-electron chi connectivity index (χ3n) is 2.50. The number of β-lactam (4-membered cyclic amide) rings is 1. The van der Waals surface area contributed by atoms with E-state index in [1.807, 2.05) is 30.3 Å². The predicted octanol–water partition coefficient (Wildman–Crippen LogP) is 1.48. The average molecular weight is 231 g/mol. The third-order valence-corrected chi connectivity index (χ3v) is 2.50. The molecule has 1 fully saturated rings. The van der Waals surface area contributed by atoms with Crippen molar-refractivity contribution < 1.29 is 14.3 Å². The summed E-state index contributed by atoms with van der Waals surface area (Å²) in [5.74, 6) is -0.398. The SMILES string of the molecule is O=C(C=CN1CCC1=O)OCc1ccccc1. The largest absolute Gasteiger partial charge is 0.458 e. The Kier molecular flexibility index (Phi) is 3.55. The van der Waals surface area contributed by atoms with Gasteiger partial charge in [-0.1, -0.05) is 30.3 Å². The lowest BCUT2D eigenvalue weighted by molar-refractivity contribution is -0.139. The number of rotatable bonds is 4.